The topological polar surface area (TPSA) is 58.1 Å². The van der Waals surface area contributed by atoms with E-state index in [4.69, 9.17) is 0 Å². The average molecular weight is 358 g/mol. The summed E-state index contributed by atoms with van der Waals surface area (Å²) in [5.74, 6) is 0.577. The molecular weight excluding hydrogens is 336 g/mol. The molecule has 3 aromatic rings. The molecule has 0 radical (unpaired) electrons. The lowest BCUT2D eigenvalue weighted by Gasteiger charge is -2.22. The van der Waals surface area contributed by atoms with Gasteiger partial charge in [-0.1, -0.05) is 48.5 Å². The van der Waals surface area contributed by atoms with E-state index in [1.807, 2.05) is 47.4 Å². The lowest BCUT2D eigenvalue weighted by Crippen LogP contribution is -2.36. The third-order valence-electron chi connectivity index (χ3n) is 4.87. The quantitative estimate of drug-likeness (QED) is 0.755. The first-order chi connectivity index (χ1) is 13.2. The highest BCUT2D eigenvalue weighted by Gasteiger charge is 2.31. The summed E-state index contributed by atoms with van der Waals surface area (Å²) in [4.78, 5) is 14.8. The molecule has 1 aromatic heterocycles. The molecular formula is C22H22N4O. The number of hydrogen-bond donors (Lipinski definition) is 1. The molecule has 1 unspecified atom stereocenters. The smallest absolute Gasteiger partial charge is 0.279 e. The van der Waals surface area contributed by atoms with Crippen LogP contribution in [-0.2, 0) is 12.8 Å². The van der Waals surface area contributed by atoms with Gasteiger partial charge in [0.2, 0.25) is 0 Å². The monoisotopic (exact) mass is 358 g/mol. The maximum Gasteiger partial charge on any atom is 0.279 e. The number of hydrogen-bond acceptors (Lipinski definition) is 4. The largest absolute Gasteiger partial charge is 0.368 e. The van der Waals surface area contributed by atoms with Gasteiger partial charge in [0.15, 0.2) is 5.69 Å². The van der Waals surface area contributed by atoms with Gasteiger partial charge in [0.1, 0.15) is 5.82 Å². The fourth-order valence-electron chi connectivity index (χ4n) is 3.52. The summed E-state index contributed by atoms with van der Waals surface area (Å²) in [6, 6.07) is 22.0. The van der Waals surface area contributed by atoms with Crippen molar-refractivity contribution in [2.24, 2.45) is 0 Å². The number of carbonyl (C=O) groups excluding carboxylic acids is 1. The van der Waals surface area contributed by atoms with Crippen molar-refractivity contribution >= 4 is 17.4 Å². The lowest BCUT2D eigenvalue weighted by atomic mass is 10.1. The maximum absolute atomic E-state index is 12.9. The molecule has 5 heteroatoms. The summed E-state index contributed by atoms with van der Waals surface area (Å²) in [7, 11) is 0. The minimum absolute atomic E-state index is 0.101. The molecule has 1 aliphatic heterocycles. The van der Waals surface area contributed by atoms with Crippen LogP contribution in [0, 0.1) is 0 Å². The van der Waals surface area contributed by atoms with Gasteiger partial charge in [-0.15, -0.1) is 10.2 Å². The Kier molecular flexibility index (Phi) is 4.83. The molecule has 5 nitrogen and oxygen atoms in total. The van der Waals surface area contributed by atoms with E-state index in [1.54, 1.807) is 6.07 Å². The van der Waals surface area contributed by atoms with E-state index in [2.05, 4.69) is 40.6 Å². The second-order valence-electron chi connectivity index (χ2n) is 6.82. The van der Waals surface area contributed by atoms with E-state index in [9.17, 15) is 4.79 Å². The lowest BCUT2D eigenvalue weighted by molar-refractivity contribution is 0.0975. The number of benzene rings is 2. The molecule has 1 amide bonds. The normalized spacial score (nSPS) is 15.4. The molecule has 0 saturated heterocycles. The first kappa shape index (κ1) is 17.2. The summed E-state index contributed by atoms with van der Waals surface area (Å²) in [5.41, 5.74) is 3.81. The van der Waals surface area contributed by atoms with Crippen LogP contribution < -0.4 is 10.2 Å². The molecule has 0 saturated carbocycles. The van der Waals surface area contributed by atoms with Crippen molar-refractivity contribution in [1.29, 1.82) is 0 Å². The first-order valence-electron chi connectivity index (χ1n) is 9.25. The van der Waals surface area contributed by atoms with Gasteiger partial charge in [0.05, 0.1) is 0 Å². The van der Waals surface area contributed by atoms with Crippen LogP contribution in [0.5, 0.6) is 0 Å². The number of nitrogens with one attached hydrogen (secondary N) is 1. The Hall–Kier alpha value is -3.21. The van der Waals surface area contributed by atoms with Crippen LogP contribution in [0.2, 0.25) is 0 Å². The molecule has 0 bridgehead atoms. The Balaban J connectivity index is 1.41. The number of fused-ring (bicyclic) bond motifs is 1. The van der Waals surface area contributed by atoms with E-state index >= 15 is 0 Å². The van der Waals surface area contributed by atoms with Crippen molar-refractivity contribution in [2.45, 2.75) is 25.8 Å². The second-order valence-corrected chi connectivity index (χ2v) is 6.82. The number of para-hydroxylation sites is 1. The molecule has 1 aliphatic rings. The van der Waals surface area contributed by atoms with Gasteiger partial charge >= 0.3 is 0 Å². The molecule has 2 aromatic carbocycles. The SMILES string of the molecule is CC1Cc2ccccc2N1C(=O)c1ccc(NCCc2ccccc2)nn1. The third kappa shape index (κ3) is 3.67. The number of nitrogens with zero attached hydrogens (tertiary/aromatic N) is 3. The fraction of sp³-hybridized carbons (Fsp3) is 0.227. The zero-order chi connectivity index (χ0) is 18.6. The van der Waals surface area contributed by atoms with Gasteiger partial charge in [0.25, 0.3) is 5.91 Å². The minimum Gasteiger partial charge on any atom is -0.368 e. The van der Waals surface area contributed by atoms with E-state index in [1.165, 1.54) is 11.1 Å². The minimum atomic E-state index is -0.101. The van der Waals surface area contributed by atoms with Crippen LogP contribution in [0.1, 0.15) is 28.5 Å². The fourth-order valence-corrected chi connectivity index (χ4v) is 3.52. The molecule has 1 atom stereocenters. The Morgan fingerprint density at radius 2 is 1.81 bits per heavy atom. The summed E-state index contributed by atoms with van der Waals surface area (Å²) in [6.45, 7) is 2.83. The van der Waals surface area contributed by atoms with E-state index in [-0.39, 0.29) is 11.9 Å². The van der Waals surface area contributed by atoms with Crippen molar-refractivity contribution in [3.8, 4) is 0 Å². The zero-order valence-electron chi connectivity index (χ0n) is 15.3. The van der Waals surface area contributed by atoms with Crippen molar-refractivity contribution < 1.29 is 4.79 Å². The van der Waals surface area contributed by atoms with Crippen molar-refractivity contribution in [3.05, 3.63) is 83.6 Å². The van der Waals surface area contributed by atoms with Crippen LogP contribution in [0.4, 0.5) is 11.5 Å². The number of amides is 1. The maximum atomic E-state index is 12.9. The van der Waals surface area contributed by atoms with Crippen LogP contribution in [-0.4, -0.2) is 28.7 Å². The van der Waals surface area contributed by atoms with Crippen molar-refractivity contribution in [3.63, 3.8) is 0 Å². The number of rotatable bonds is 5. The molecule has 2 heterocycles. The molecule has 27 heavy (non-hydrogen) atoms. The van der Waals surface area contributed by atoms with Crippen molar-refractivity contribution in [2.75, 3.05) is 16.8 Å². The molecule has 136 valence electrons. The second kappa shape index (κ2) is 7.58. The third-order valence-corrected chi connectivity index (χ3v) is 4.87. The van der Waals surface area contributed by atoms with Gasteiger partial charge < -0.3 is 10.2 Å². The number of aromatic nitrogens is 2. The van der Waals surface area contributed by atoms with Gasteiger partial charge in [-0.25, -0.2) is 0 Å². The summed E-state index contributed by atoms with van der Waals surface area (Å²) in [5, 5.41) is 11.6. The Morgan fingerprint density at radius 3 is 2.59 bits per heavy atom. The highest BCUT2D eigenvalue weighted by molar-refractivity contribution is 6.06. The van der Waals surface area contributed by atoms with E-state index in [0.29, 0.717) is 11.5 Å². The summed E-state index contributed by atoms with van der Waals surface area (Å²) < 4.78 is 0. The van der Waals surface area contributed by atoms with E-state index in [0.717, 1.165) is 25.1 Å². The predicted octanol–water partition coefficient (Wildman–Crippen LogP) is 3.72. The Morgan fingerprint density at radius 1 is 1.04 bits per heavy atom. The number of carbonyl (C=O) groups is 1. The van der Waals surface area contributed by atoms with Gasteiger partial charge in [-0.05, 0) is 49.1 Å². The predicted molar refractivity (Wildman–Crippen MR) is 107 cm³/mol. The standard InChI is InChI=1S/C22H22N4O/c1-16-15-18-9-5-6-10-20(18)26(16)22(27)19-11-12-21(25-24-19)23-14-13-17-7-3-2-4-8-17/h2-12,16H,13-15H2,1H3,(H,23,25). The highest BCUT2D eigenvalue weighted by atomic mass is 16.2. The van der Waals surface area contributed by atoms with Gasteiger partial charge in [-0.3, -0.25) is 4.79 Å². The van der Waals surface area contributed by atoms with Crippen LogP contribution >= 0.6 is 0 Å². The highest BCUT2D eigenvalue weighted by Crippen LogP contribution is 2.32. The van der Waals surface area contributed by atoms with Gasteiger partial charge in [0, 0.05) is 18.3 Å². The van der Waals surface area contributed by atoms with Gasteiger partial charge in [-0.2, -0.15) is 0 Å². The van der Waals surface area contributed by atoms with E-state index < -0.39 is 0 Å². The molecule has 0 fully saturated rings. The van der Waals surface area contributed by atoms with Crippen LogP contribution in [0.15, 0.2) is 66.7 Å². The summed E-state index contributed by atoms with van der Waals surface area (Å²) >= 11 is 0. The molecule has 0 spiro atoms. The first-order valence-corrected chi connectivity index (χ1v) is 9.25. The molecule has 0 aliphatic carbocycles. The zero-order valence-corrected chi connectivity index (χ0v) is 15.3. The average Bonchev–Trinajstić information content (AvgIpc) is 3.04. The number of anilines is 2. The Labute approximate surface area is 159 Å². The molecule has 1 N–H and O–H groups in total. The van der Waals surface area contributed by atoms with Crippen molar-refractivity contribution in [1.82, 2.24) is 10.2 Å². The molecule has 4 rings (SSSR count). The Bertz CT molecular complexity index is 925. The summed E-state index contributed by atoms with van der Waals surface area (Å²) in [6.07, 6.45) is 1.78. The van der Waals surface area contributed by atoms with Crippen LogP contribution in [0.3, 0.4) is 0 Å². The van der Waals surface area contributed by atoms with Crippen LogP contribution in [0.25, 0.3) is 0 Å².